The second-order valence-corrected chi connectivity index (χ2v) is 9.73. The lowest BCUT2D eigenvalue weighted by atomic mass is 9.80. The molecule has 8 nitrogen and oxygen atoms in total. The highest BCUT2D eigenvalue weighted by molar-refractivity contribution is 5.92. The van der Waals surface area contributed by atoms with Crippen molar-refractivity contribution in [2.75, 3.05) is 18.4 Å². The summed E-state index contributed by atoms with van der Waals surface area (Å²) in [5.74, 6) is 0.141. The molecule has 0 saturated carbocycles. The minimum absolute atomic E-state index is 0.156. The molecule has 36 heavy (non-hydrogen) atoms. The zero-order valence-electron chi connectivity index (χ0n) is 20.7. The van der Waals surface area contributed by atoms with E-state index in [9.17, 15) is 9.59 Å². The van der Waals surface area contributed by atoms with Crippen molar-refractivity contribution in [3.8, 4) is 0 Å². The van der Waals surface area contributed by atoms with E-state index < -0.39 is 11.4 Å². The lowest BCUT2D eigenvalue weighted by Gasteiger charge is -2.43. The highest BCUT2D eigenvalue weighted by atomic mass is 16.5. The number of nitrogens with one attached hydrogen (secondary N) is 2. The molecular formula is C28H33N5O3. The number of likely N-dealkylation sites (tertiary alicyclic amines) is 1. The summed E-state index contributed by atoms with van der Waals surface area (Å²) < 4.78 is 0. The first kappa shape index (κ1) is 25.3. The first-order chi connectivity index (χ1) is 17.4. The van der Waals surface area contributed by atoms with Gasteiger partial charge >= 0.3 is 0 Å². The molecule has 2 amide bonds. The van der Waals surface area contributed by atoms with Gasteiger partial charge in [-0.25, -0.2) is 15.4 Å². The Morgan fingerprint density at radius 3 is 2.11 bits per heavy atom. The van der Waals surface area contributed by atoms with Gasteiger partial charge in [-0.05, 0) is 36.3 Å². The van der Waals surface area contributed by atoms with Crippen LogP contribution in [0.3, 0.4) is 0 Å². The Kier molecular flexibility index (Phi) is 7.95. The standard InChI is InChI=1S/C28H33N5O3/c1-20(2)17-24(21-9-5-3-6-10-21)26(35)33-15-13-28(14-16-33,23-11-7-4-8-12-23)31-27-29-18-22(19-30-27)25(34)32-36/h3-12,18-20,24,36H,13-17H2,1-2H3,(H,32,34)(H,29,30,31)/t24-/m1/s1. The number of hydroxylamine groups is 1. The molecule has 1 aliphatic heterocycles. The molecule has 8 heteroatoms. The molecule has 0 spiro atoms. The summed E-state index contributed by atoms with van der Waals surface area (Å²) in [7, 11) is 0. The first-order valence-corrected chi connectivity index (χ1v) is 12.4. The quantitative estimate of drug-likeness (QED) is 0.322. The molecule has 0 bridgehead atoms. The Labute approximate surface area is 211 Å². The van der Waals surface area contributed by atoms with E-state index in [0.29, 0.717) is 37.8 Å². The lowest BCUT2D eigenvalue weighted by Crippen LogP contribution is -2.50. The molecule has 0 unspecified atom stereocenters. The van der Waals surface area contributed by atoms with Crippen LogP contribution in [0.25, 0.3) is 0 Å². The molecule has 3 N–H and O–H groups in total. The fourth-order valence-electron chi connectivity index (χ4n) is 4.90. The summed E-state index contributed by atoms with van der Waals surface area (Å²) in [6.45, 7) is 5.51. The van der Waals surface area contributed by atoms with Crippen LogP contribution in [-0.4, -0.2) is 45.0 Å². The SMILES string of the molecule is CC(C)C[C@@H](C(=O)N1CCC(Nc2ncc(C(=O)NO)cn2)(c2ccccc2)CC1)c1ccccc1. The van der Waals surface area contributed by atoms with Crippen molar-refractivity contribution < 1.29 is 14.8 Å². The zero-order chi connectivity index (χ0) is 25.5. The fraction of sp³-hybridized carbons (Fsp3) is 0.357. The number of rotatable bonds is 8. The van der Waals surface area contributed by atoms with Gasteiger partial charge in [-0.3, -0.25) is 14.8 Å². The van der Waals surface area contributed by atoms with Crippen molar-refractivity contribution in [1.29, 1.82) is 0 Å². The van der Waals surface area contributed by atoms with Crippen LogP contribution in [-0.2, 0) is 10.3 Å². The van der Waals surface area contributed by atoms with Crippen LogP contribution in [0.5, 0.6) is 0 Å². The molecule has 4 rings (SSSR count). The van der Waals surface area contributed by atoms with E-state index in [1.54, 1.807) is 5.48 Å². The maximum absolute atomic E-state index is 13.7. The first-order valence-electron chi connectivity index (χ1n) is 12.4. The molecule has 188 valence electrons. The topological polar surface area (TPSA) is 107 Å². The maximum atomic E-state index is 13.7. The highest BCUT2D eigenvalue weighted by Gasteiger charge is 2.39. The van der Waals surface area contributed by atoms with Crippen molar-refractivity contribution in [1.82, 2.24) is 20.3 Å². The Bertz CT molecular complexity index is 1140. The molecule has 1 saturated heterocycles. The number of carbonyl (C=O) groups is 2. The van der Waals surface area contributed by atoms with E-state index in [1.807, 2.05) is 53.4 Å². The van der Waals surface area contributed by atoms with E-state index in [2.05, 4.69) is 41.3 Å². The Morgan fingerprint density at radius 2 is 1.56 bits per heavy atom. The highest BCUT2D eigenvalue weighted by Crippen LogP contribution is 2.37. The summed E-state index contributed by atoms with van der Waals surface area (Å²) >= 11 is 0. The van der Waals surface area contributed by atoms with Gasteiger partial charge in [0.1, 0.15) is 0 Å². The third-order valence-electron chi connectivity index (χ3n) is 6.83. The van der Waals surface area contributed by atoms with Crippen LogP contribution in [0.2, 0.25) is 0 Å². The minimum atomic E-state index is -0.666. The van der Waals surface area contributed by atoms with Gasteiger partial charge in [0.15, 0.2) is 0 Å². The van der Waals surface area contributed by atoms with E-state index in [4.69, 9.17) is 5.21 Å². The number of nitrogens with zero attached hydrogens (tertiary/aromatic N) is 3. The molecule has 2 aromatic carbocycles. The van der Waals surface area contributed by atoms with Crippen molar-refractivity contribution in [3.63, 3.8) is 0 Å². The van der Waals surface area contributed by atoms with Crippen molar-refractivity contribution in [2.45, 2.75) is 44.6 Å². The van der Waals surface area contributed by atoms with Crippen LogP contribution in [0.15, 0.2) is 73.1 Å². The molecule has 1 fully saturated rings. The lowest BCUT2D eigenvalue weighted by molar-refractivity contribution is -0.134. The average molecular weight is 488 g/mol. The summed E-state index contributed by atoms with van der Waals surface area (Å²) in [5, 5.41) is 12.3. The number of carbonyl (C=O) groups excluding carboxylic acids is 2. The molecule has 1 aromatic heterocycles. The third-order valence-corrected chi connectivity index (χ3v) is 6.83. The van der Waals surface area contributed by atoms with Crippen molar-refractivity contribution in [3.05, 3.63) is 89.7 Å². The van der Waals surface area contributed by atoms with Gasteiger partial charge in [0.05, 0.1) is 17.0 Å². The van der Waals surface area contributed by atoms with E-state index in [1.165, 1.54) is 12.4 Å². The molecule has 2 heterocycles. The fourth-order valence-corrected chi connectivity index (χ4v) is 4.90. The van der Waals surface area contributed by atoms with Gasteiger partial charge in [-0.15, -0.1) is 0 Å². The predicted molar refractivity (Wildman–Crippen MR) is 137 cm³/mol. The Hall–Kier alpha value is -3.78. The number of amides is 2. The van der Waals surface area contributed by atoms with Gasteiger partial charge in [-0.2, -0.15) is 0 Å². The summed E-state index contributed by atoms with van der Waals surface area (Å²) in [6.07, 6.45) is 4.93. The third kappa shape index (κ3) is 5.71. The Balaban J connectivity index is 1.54. The Morgan fingerprint density at radius 1 is 0.972 bits per heavy atom. The van der Waals surface area contributed by atoms with E-state index in [0.717, 1.165) is 17.5 Å². The summed E-state index contributed by atoms with van der Waals surface area (Å²) in [5.41, 5.74) is 3.45. The number of piperidine rings is 1. The molecule has 1 aliphatic rings. The molecule has 0 radical (unpaired) electrons. The second-order valence-electron chi connectivity index (χ2n) is 9.73. The van der Waals surface area contributed by atoms with Crippen LogP contribution < -0.4 is 10.8 Å². The second kappa shape index (κ2) is 11.3. The average Bonchev–Trinajstić information content (AvgIpc) is 2.92. The van der Waals surface area contributed by atoms with Crippen molar-refractivity contribution in [2.24, 2.45) is 5.92 Å². The number of hydrogen-bond donors (Lipinski definition) is 3. The van der Waals surface area contributed by atoms with Gasteiger partial charge in [-0.1, -0.05) is 74.5 Å². The molecule has 3 aromatic rings. The molecule has 0 aliphatic carbocycles. The largest absolute Gasteiger partial charge is 0.345 e. The van der Waals surface area contributed by atoms with Crippen LogP contribution in [0.1, 0.15) is 60.5 Å². The number of benzene rings is 2. The predicted octanol–water partition coefficient (Wildman–Crippen LogP) is 4.36. The normalized spacial score (nSPS) is 15.8. The number of anilines is 1. The van der Waals surface area contributed by atoms with Crippen LogP contribution in [0, 0.1) is 5.92 Å². The number of aromatic nitrogens is 2. The van der Waals surface area contributed by atoms with Gasteiger partial charge in [0.2, 0.25) is 11.9 Å². The summed E-state index contributed by atoms with van der Waals surface area (Å²) in [4.78, 5) is 35.9. The van der Waals surface area contributed by atoms with E-state index >= 15 is 0 Å². The van der Waals surface area contributed by atoms with Crippen LogP contribution >= 0.6 is 0 Å². The van der Waals surface area contributed by atoms with Crippen molar-refractivity contribution >= 4 is 17.8 Å². The maximum Gasteiger partial charge on any atom is 0.277 e. The molecular weight excluding hydrogens is 454 g/mol. The molecule has 1 atom stereocenters. The monoisotopic (exact) mass is 487 g/mol. The van der Waals surface area contributed by atoms with Gasteiger partial charge in [0, 0.05) is 25.5 Å². The smallest absolute Gasteiger partial charge is 0.277 e. The van der Waals surface area contributed by atoms with E-state index in [-0.39, 0.29) is 17.4 Å². The zero-order valence-corrected chi connectivity index (χ0v) is 20.7. The summed E-state index contributed by atoms with van der Waals surface area (Å²) in [6, 6.07) is 20.2. The minimum Gasteiger partial charge on any atom is -0.345 e. The van der Waals surface area contributed by atoms with Gasteiger partial charge in [0.25, 0.3) is 5.91 Å². The van der Waals surface area contributed by atoms with Gasteiger partial charge < -0.3 is 10.2 Å². The number of hydrogen-bond acceptors (Lipinski definition) is 6. The van der Waals surface area contributed by atoms with Crippen LogP contribution in [0.4, 0.5) is 5.95 Å².